The highest BCUT2D eigenvalue weighted by atomic mass is 35.5. The summed E-state index contributed by atoms with van der Waals surface area (Å²) in [6, 6.07) is 1.70. The van der Waals surface area contributed by atoms with Crippen LogP contribution in [0.15, 0.2) is 18.5 Å². The molecule has 1 fully saturated rings. The minimum atomic E-state index is -0.0831. The number of H-pyrrole nitrogens is 1. The average Bonchev–Trinajstić information content (AvgIpc) is 2.95. The fraction of sp³-hybridized carbons (Fsp3) is 0.385. The molecule has 18 heavy (non-hydrogen) atoms. The lowest BCUT2D eigenvalue weighted by molar-refractivity contribution is 0.0766. The zero-order valence-electron chi connectivity index (χ0n) is 9.94. The number of rotatable bonds is 2. The quantitative estimate of drug-likeness (QED) is 0.849. The van der Waals surface area contributed by atoms with Gasteiger partial charge in [-0.05, 0) is 19.4 Å². The summed E-state index contributed by atoms with van der Waals surface area (Å²) in [7, 11) is 0. The van der Waals surface area contributed by atoms with Gasteiger partial charge in [0.1, 0.15) is 5.65 Å². The van der Waals surface area contributed by atoms with Gasteiger partial charge in [0, 0.05) is 30.0 Å². The van der Waals surface area contributed by atoms with Crippen molar-refractivity contribution in [3.8, 4) is 0 Å². The van der Waals surface area contributed by atoms with Crippen molar-refractivity contribution < 1.29 is 9.53 Å². The minimum absolute atomic E-state index is 0.0297. The molecule has 0 bridgehead atoms. The second-order valence-electron chi connectivity index (χ2n) is 4.55. The fourth-order valence-corrected chi connectivity index (χ4v) is 2.73. The first-order chi connectivity index (χ1) is 8.68. The van der Waals surface area contributed by atoms with Gasteiger partial charge in [-0.3, -0.25) is 4.79 Å². The molecule has 2 aromatic heterocycles. The molecule has 3 heterocycles. The van der Waals surface area contributed by atoms with Crippen molar-refractivity contribution in [2.24, 2.45) is 5.92 Å². The summed E-state index contributed by atoms with van der Waals surface area (Å²) in [6.07, 6.45) is 4.05. The van der Waals surface area contributed by atoms with E-state index >= 15 is 0 Å². The second-order valence-corrected chi connectivity index (χ2v) is 4.96. The molecular formula is C13H13ClN2O2. The largest absolute Gasteiger partial charge is 0.378 e. The Morgan fingerprint density at radius 3 is 3.17 bits per heavy atom. The molecule has 94 valence electrons. The highest BCUT2D eigenvalue weighted by Crippen LogP contribution is 2.30. The standard InChI is InChI=1S/C13H13ClN2O2/c1-7-8(3-5-18-7)12(17)9-6-16-13-11(9)10(14)2-4-15-13/h2,4,6-8H,3,5H2,1H3,(H,15,16). The molecule has 0 aliphatic carbocycles. The van der Waals surface area contributed by atoms with Gasteiger partial charge in [-0.2, -0.15) is 0 Å². The summed E-state index contributed by atoms with van der Waals surface area (Å²) < 4.78 is 5.45. The summed E-state index contributed by atoms with van der Waals surface area (Å²) in [5.74, 6) is 0.00132. The summed E-state index contributed by atoms with van der Waals surface area (Å²) >= 11 is 6.15. The van der Waals surface area contributed by atoms with E-state index in [-0.39, 0.29) is 17.8 Å². The molecule has 1 aliphatic rings. The minimum Gasteiger partial charge on any atom is -0.378 e. The van der Waals surface area contributed by atoms with Crippen LogP contribution in [0.1, 0.15) is 23.7 Å². The number of halogens is 1. The number of fused-ring (bicyclic) bond motifs is 1. The number of aromatic amines is 1. The Hall–Kier alpha value is -1.39. The van der Waals surface area contributed by atoms with Gasteiger partial charge in [0.2, 0.25) is 0 Å². The highest BCUT2D eigenvalue weighted by molar-refractivity contribution is 6.36. The van der Waals surface area contributed by atoms with Crippen molar-refractivity contribution in [3.05, 3.63) is 29.0 Å². The number of pyridine rings is 1. The van der Waals surface area contributed by atoms with Crippen LogP contribution in [0.2, 0.25) is 5.02 Å². The number of aromatic nitrogens is 2. The number of Topliss-reactive ketones (excluding diaryl/α,β-unsaturated/α-hetero) is 1. The van der Waals surface area contributed by atoms with Crippen LogP contribution in [0.3, 0.4) is 0 Å². The number of carbonyl (C=O) groups is 1. The van der Waals surface area contributed by atoms with Crippen molar-refractivity contribution in [2.45, 2.75) is 19.4 Å². The van der Waals surface area contributed by atoms with E-state index in [9.17, 15) is 4.79 Å². The number of ketones is 1. The van der Waals surface area contributed by atoms with Crippen LogP contribution in [-0.4, -0.2) is 28.5 Å². The maximum atomic E-state index is 12.5. The lowest BCUT2D eigenvalue weighted by Gasteiger charge is -2.12. The van der Waals surface area contributed by atoms with Crippen LogP contribution in [-0.2, 0) is 4.74 Å². The molecule has 1 aliphatic heterocycles. The molecule has 1 N–H and O–H groups in total. The van der Waals surface area contributed by atoms with E-state index in [1.54, 1.807) is 18.5 Å². The van der Waals surface area contributed by atoms with Crippen LogP contribution in [0.5, 0.6) is 0 Å². The zero-order chi connectivity index (χ0) is 12.7. The van der Waals surface area contributed by atoms with Gasteiger partial charge in [0.05, 0.1) is 17.0 Å². The molecule has 0 amide bonds. The third kappa shape index (κ3) is 1.72. The van der Waals surface area contributed by atoms with E-state index in [0.29, 0.717) is 28.2 Å². The normalized spacial score (nSPS) is 23.7. The Balaban J connectivity index is 2.07. The molecule has 3 rings (SSSR count). The molecule has 0 aromatic carbocycles. The lowest BCUT2D eigenvalue weighted by atomic mass is 9.92. The first kappa shape index (κ1) is 11.7. The summed E-state index contributed by atoms with van der Waals surface area (Å²) in [5, 5.41) is 1.26. The van der Waals surface area contributed by atoms with Gasteiger partial charge in [0.25, 0.3) is 0 Å². The van der Waals surface area contributed by atoms with E-state index in [1.807, 2.05) is 6.92 Å². The lowest BCUT2D eigenvalue weighted by Crippen LogP contribution is -2.21. The van der Waals surface area contributed by atoms with Gasteiger partial charge in [-0.25, -0.2) is 4.98 Å². The van der Waals surface area contributed by atoms with Crippen LogP contribution in [0.25, 0.3) is 11.0 Å². The molecular weight excluding hydrogens is 252 g/mol. The molecule has 0 saturated carbocycles. The Morgan fingerprint density at radius 2 is 2.44 bits per heavy atom. The number of ether oxygens (including phenoxy) is 1. The molecule has 0 radical (unpaired) electrons. The van der Waals surface area contributed by atoms with Gasteiger partial charge >= 0.3 is 0 Å². The van der Waals surface area contributed by atoms with Crippen molar-refractivity contribution in [3.63, 3.8) is 0 Å². The molecule has 5 heteroatoms. The monoisotopic (exact) mass is 264 g/mol. The van der Waals surface area contributed by atoms with Crippen LogP contribution >= 0.6 is 11.6 Å². The highest BCUT2D eigenvalue weighted by Gasteiger charge is 2.32. The van der Waals surface area contributed by atoms with E-state index in [2.05, 4.69) is 9.97 Å². The third-order valence-corrected chi connectivity index (χ3v) is 3.82. The van der Waals surface area contributed by atoms with Crippen molar-refractivity contribution in [1.29, 1.82) is 0 Å². The Morgan fingerprint density at radius 1 is 1.61 bits per heavy atom. The van der Waals surface area contributed by atoms with Gasteiger partial charge in [-0.15, -0.1) is 0 Å². The molecule has 2 unspecified atom stereocenters. The Kier molecular flexibility index (Phi) is 2.84. The van der Waals surface area contributed by atoms with Crippen molar-refractivity contribution >= 4 is 28.4 Å². The van der Waals surface area contributed by atoms with E-state index in [4.69, 9.17) is 16.3 Å². The first-order valence-corrected chi connectivity index (χ1v) is 6.33. The Bertz CT molecular complexity index is 608. The molecule has 2 atom stereocenters. The first-order valence-electron chi connectivity index (χ1n) is 5.96. The molecule has 2 aromatic rings. The smallest absolute Gasteiger partial charge is 0.170 e. The van der Waals surface area contributed by atoms with Crippen LogP contribution in [0, 0.1) is 5.92 Å². The summed E-state index contributed by atoms with van der Waals surface area (Å²) in [4.78, 5) is 19.7. The molecule has 0 spiro atoms. The summed E-state index contributed by atoms with van der Waals surface area (Å²) in [5.41, 5.74) is 1.27. The topological polar surface area (TPSA) is 55.0 Å². The van der Waals surface area contributed by atoms with Crippen molar-refractivity contribution in [1.82, 2.24) is 9.97 Å². The van der Waals surface area contributed by atoms with Gasteiger partial charge < -0.3 is 9.72 Å². The predicted octanol–water partition coefficient (Wildman–Crippen LogP) is 2.82. The van der Waals surface area contributed by atoms with E-state index in [1.165, 1.54) is 0 Å². The second kappa shape index (κ2) is 4.37. The van der Waals surface area contributed by atoms with E-state index in [0.717, 1.165) is 6.42 Å². The average molecular weight is 265 g/mol. The SMILES string of the molecule is CC1OCCC1C(=O)c1c[nH]c2nccc(Cl)c12. The zero-order valence-corrected chi connectivity index (χ0v) is 10.7. The number of hydrogen-bond acceptors (Lipinski definition) is 3. The number of carbonyl (C=O) groups excluding carboxylic acids is 1. The predicted molar refractivity (Wildman–Crippen MR) is 69.0 cm³/mol. The third-order valence-electron chi connectivity index (χ3n) is 3.50. The van der Waals surface area contributed by atoms with Gasteiger partial charge in [0.15, 0.2) is 5.78 Å². The van der Waals surface area contributed by atoms with Crippen LogP contribution < -0.4 is 0 Å². The number of nitrogens with one attached hydrogen (secondary N) is 1. The number of nitrogens with zero attached hydrogens (tertiary/aromatic N) is 1. The molecule has 4 nitrogen and oxygen atoms in total. The molecule has 1 saturated heterocycles. The fourth-order valence-electron chi connectivity index (χ4n) is 2.49. The van der Waals surface area contributed by atoms with Crippen molar-refractivity contribution in [2.75, 3.05) is 6.61 Å². The van der Waals surface area contributed by atoms with Crippen LogP contribution in [0.4, 0.5) is 0 Å². The van der Waals surface area contributed by atoms with Gasteiger partial charge in [-0.1, -0.05) is 11.6 Å². The number of hydrogen-bond donors (Lipinski definition) is 1. The van der Waals surface area contributed by atoms with E-state index < -0.39 is 0 Å². The summed E-state index contributed by atoms with van der Waals surface area (Å²) in [6.45, 7) is 2.58. The Labute approximate surface area is 109 Å². The maximum Gasteiger partial charge on any atom is 0.170 e. The maximum absolute atomic E-state index is 12.5.